The minimum Gasteiger partial charge on any atom is -0.314 e. The van der Waals surface area contributed by atoms with E-state index in [9.17, 15) is 0 Å². The average Bonchev–Trinajstić information content (AvgIpc) is 2.43. The van der Waals surface area contributed by atoms with Crippen LogP contribution < -0.4 is 5.32 Å². The Morgan fingerprint density at radius 1 is 1.15 bits per heavy atom. The van der Waals surface area contributed by atoms with E-state index < -0.39 is 0 Å². The van der Waals surface area contributed by atoms with Gasteiger partial charge in [0, 0.05) is 6.04 Å². The molecule has 1 nitrogen and oxygen atoms in total. The highest BCUT2D eigenvalue weighted by atomic mass is 14.9. The maximum absolute atomic E-state index is 3.78. The second-order valence-electron chi connectivity index (χ2n) is 5.80. The van der Waals surface area contributed by atoms with Gasteiger partial charge in [0.05, 0.1) is 0 Å². The first-order valence-corrected chi connectivity index (χ1v) is 8.07. The van der Waals surface area contributed by atoms with Gasteiger partial charge in [-0.15, -0.1) is 6.58 Å². The molecule has 1 aromatic rings. The smallest absolute Gasteiger partial charge is 0.0107 e. The number of aryl methyl sites for hydroxylation is 2. The summed E-state index contributed by atoms with van der Waals surface area (Å²) in [4.78, 5) is 0. The fourth-order valence-corrected chi connectivity index (χ4v) is 2.64. The summed E-state index contributed by atoms with van der Waals surface area (Å²) in [5.74, 6) is 0. The summed E-state index contributed by atoms with van der Waals surface area (Å²) in [7, 11) is 0. The molecule has 1 atom stereocenters. The van der Waals surface area contributed by atoms with Gasteiger partial charge in [-0.1, -0.05) is 44.0 Å². The van der Waals surface area contributed by atoms with Gasteiger partial charge in [-0.2, -0.15) is 0 Å². The number of nitrogens with one attached hydrogen (secondary N) is 1. The number of allylic oxidation sites excluding steroid dienone is 1. The van der Waals surface area contributed by atoms with E-state index in [1.54, 1.807) is 0 Å². The van der Waals surface area contributed by atoms with Crippen LogP contribution >= 0.6 is 0 Å². The summed E-state index contributed by atoms with van der Waals surface area (Å²) in [6, 6.07) is 7.49. The number of rotatable bonds is 10. The fourth-order valence-electron chi connectivity index (χ4n) is 2.64. The van der Waals surface area contributed by atoms with Gasteiger partial charge in [-0.05, 0) is 62.8 Å². The van der Waals surface area contributed by atoms with Crippen LogP contribution in [0.2, 0.25) is 0 Å². The number of hydrogen-bond acceptors (Lipinski definition) is 1. The van der Waals surface area contributed by atoms with Gasteiger partial charge < -0.3 is 5.32 Å². The quantitative estimate of drug-likeness (QED) is 0.469. The molecule has 112 valence electrons. The van der Waals surface area contributed by atoms with E-state index in [1.807, 2.05) is 6.08 Å². The molecule has 0 radical (unpaired) electrons. The summed E-state index contributed by atoms with van der Waals surface area (Å²) in [6.45, 7) is 11.4. The highest BCUT2D eigenvalue weighted by Gasteiger charge is 2.08. The molecule has 20 heavy (non-hydrogen) atoms. The molecule has 0 aliphatic rings. The van der Waals surface area contributed by atoms with Crippen molar-refractivity contribution in [2.75, 3.05) is 6.54 Å². The molecule has 0 bridgehead atoms. The van der Waals surface area contributed by atoms with E-state index in [0.717, 1.165) is 19.4 Å². The lowest BCUT2D eigenvalue weighted by Gasteiger charge is -2.18. The topological polar surface area (TPSA) is 12.0 Å². The van der Waals surface area contributed by atoms with E-state index in [1.165, 1.54) is 42.4 Å². The second kappa shape index (κ2) is 9.77. The Kier molecular flexibility index (Phi) is 8.29. The van der Waals surface area contributed by atoms with Gasteiger partial charge in [0.25, 0.3) is 0 Å². The molecule has 0 spiro atoms. The van der Waals surface area contributed by atoms with Crippen molar-refractivity contribution in [1.82, 2.24) is 5.32 Å². The Bertz CT molecular complexity index is 395. The molecule has 1 heteroatoms. The summed E-state index contributed by atoms with van der Waals surface area (Å²) in [6.07, 6.45) is 9.53. The second-order valence-corrected chi connectivity index (χ2v) is 5.80. The third-order valence-corrected chi connectivity index (χ3v) is 4.01. The van der Waals surface area contributed by atoms with Crippen LogP contribution in [-0.2, 0) is 6.42 Å². The van der Waals surface area contributed by atoms with Crippen molar-refractivity contribution in [1.29, 1.82) is 0 Å². The monoisotopic (exact) mass is 273 g/mol. The molecule has 1 N–H and O–H groups in total. The number of benzene rings is 1. The van der Waals surface area contributed by atoms with Gasteiger partial charge in [0.2, 0.25) is 0 Å². The summed E-state index contributed by atoms with van der Waals surface area (Å²) in [5, 5.41) is 3.64. The first-order chi connectivity index (χ1) is 9.67. The van der Waals surface area contributed by atoms with E-state index in [0.29, 0.717) is 6.04 Å². The van der Waals surface area contributed by atoms with Crippen molar-refractivity contribution in [3.8, 4) is 0 Å². The lowest BCUT2D eigenvalue weighted by atomic mass is 9.97. The van der Waals surface area contributed by atoms with E-state index >= 15 is 0 Å². The van der Waals surface area contributed by atoms with Crippen LogP contribution in [0.15, 0.2) is 30.9 Å². The maximum Gasteiger partial charge on any atom is 0.0107 e. The van der Waals surface area contributed by atoms with Gasteiger partial charge in [-0.25, -0.2) is 0 Å². The highest BCUT2D eigenvalue weighted by Crippen LogP contribution is 2.14. The maximum atomic E-state index is 3.78. The Morgan fingerprint density at radius 3 is 2.60 bits per heavy atom. The molecule has 1 rings (SSSR count). The number of likely N-dealkylation sites (N-methyl/N-ethyl adjacent to an activating group) is 1. The van der Waals surface area contributed by atoms with E-state index in [4.69, 9.17) is 0 Å². The zero-order chi connectivity index (χ0) is 14.8. The zero-order valence-electron chi connectivity index (χ0n) is 13.5. The lowest BCUT2D eigenvalue weighted by molar-refractivity contribution is 0.464. The number of unbranched alkanes of at least 4 members (excludes halogenated alkanes) is 3. The predicted octanol–water partition coefficient (Wildman–Crippen LogP) is 4.96. The van der Waals surface area contributed by atoms with Crippen LogP contribution in [0, 0.1) is 13.8 Å². The minimum atomic E-state index is 0.617. The lowest BCUT2D eigenvalue weighted by Crippen LogP contribution is -2.30. The summed E-state index contributed by atoms with van der Waals surface area (Å²) < 4.78 is 0. The summed E-state index contributed by atoms with van der Waals surface area (Å²) >= 11 is 0. The molecule has 0 aliphatic carbocycles. The Balaban J connectivity index is 2.44. The van der Waals surface area contributed by atoms with Gasteiger partial charge in [-0.3, -0.25) is 0 Å². The van der Waals surface area contributed by atoms with Crippen LogP contribution in [0.1, 0.15) is 55.7 Å². The van der Waals surface area contributed by atoms with Crippen molar-refractivity contribution in [3.05, 3.63) is 47.5 Å². The molecule has 1 aromatic carbocycles. The van der Waals surface area contributed by atoms with Crippen molar-refractivity contribution in [2.24, 2.45) is 0 Å². The summed E-state index contributed by atoms with van der Waals surface area (Å²) in [5.41, 5.74) is 4.26. The van der Waals surface area contributed by atoms with E-state index in [-0.39, 0.29) is 0 Å². The molecule has 0 fully saturated rings. The molecular formula is C19H31N. The average molecular weight is 273 g/mol. The first kappa shape index (κ1) is 17.0. The van der Waals surface area contributed by atoms with Gasteiger partial charge in [0.1, 0.15) is 0 Å². The third-order valence-electron chi connectivity index (χ3n) is 4.01. The normalized spacial score (nSPS) is 12.3. The molecule has 0 aliphatic heterocycles. The standard InChI is InChI=1S/C19H31N/c1-5-7-8-9-10-11-19(20-6-2)15-18-13-12-16(3)17(4)14-18/h5,12-14,19-20H,1,6-11,15H2,2-4H3. The van der Waals surface area contributed by atoms with Gasteiger partial charge >= 0.3 is 0 Å². The SMILES string of the molecule is C=CCCCCCC(Cc1ccc(C)c(C)c1)NCC. The molecular weight excluding hydrogens is 242 g/mol. The Hall–Kier alpha value is -1.08. The molecule has 0 heterocycles. The van der Waals surface area contributed by atoms with Crippen LogP contribution in [0.5, 0.6) is 0 Å². The van der Waals surface area contributed by atoms with Crippen LogP contribution in [0.25, 0.3) is 0 Å². The molecule has 0 amide bonds. The largest absolute Gasteiger partial charge is 0.314 e. The molecule has 0 saturated carbocycles. The molecule has 0 saturated heterocycles. The molecule has 0 aromatic heterocycles. The predicted molar refractivity (Wildman–Crippen MR) is 90.4 cm³/mol. The van der Waals surface area contributed by atoms with E-state index in [2.05, 4.69) is 50.9 Å². The van der Waals surface area contributed by atoms with Crippen LogP contribution in [0.4, 0.5) is 0 Å². The zero-order valence-corrected chi connectivity index (χ0v) is 13.5. The number of hydrogen-bond donors (Lipinski definition) is 1. The van der Waals surface area contributed by atoms with Crippen molar-refractivity contribution < 1.29 is 0 Å². The first-order valence-electron chi connectivity index (χ1n) is 8.07. The van der Waals surface area contributed by atoms with Gasteiger partial charge in [0.15, 0.2) is 0 Å². The van der Waals surface area contributed by atoms with Crippen molar-refractivity contribution in [2.45, 2.75) is 65.3 Å². The molecule has 1 unspecified atom stereocenters. The van der Waals surface area contributed by atoms with Crippen molar-refractivity contribution >= 4 is 0 Å². The Morgan fingerprint density at radius 2 is 1.95 bits per heavy atom. The van der Waals surface area contributed by atoms with Crippen LogP contribution in [-0.4, -0.2) is 12.6 Å². The highest BCUT2D eigenvalue weighted by molar-refractivity contribution is 5.30. The Labute approximate surface area is 125 Å². The fraction of sp³-hybridized carbons (Fsp3) is 0.579. The third kappa shape index (κ3) is 6.38. The van der Waals surface area contributed by atoms with Crippen molar-refractivity contribution in [3.63, 3.8) is 0 Å². The van der Waals surface area contributed by atoms with Crippen LogP contribution in [0.3, 0.4) is 0 Å². The minimum absolute atomic E-state index is 0.617.